The van der Waals surface area contributed by atoms with Crippen LogP contribution in [0.4, 0.5) is 0 Å². The van der Waals surface area contributed by atoms with Crippen LogP contribution < -0.4 is 9.47 Å². The standard InChI is InChI=1S/C18H25NO5/c1-4-5-6-9-19(11-13(2)18(21)22-3)17(20)14-7-8-15-16(10-14)24-12-23-15/h7-8,10,13H,4-6,9,11-12H2,1-3H3. The predicted molar refractivity (Wildman–Crippen MR) is 89.2 cm³/mol. The zero-order valence-corrected chi connectivity index (χ0v) is 14.5. The predicted octanol–water partition coefficient (Wildman–Crippen LogP) is 2.86. The number of ether oxygens (including phenoxy) is 3. The van der Waals surface area contributed by atoms with Gasteiger partial charge in [0.2, 0.25) is 6.79 Å². The molecule has 6 heteroatoms. The Kier molecular flexibility index (Phi) is 6.46. The molecule has 0 bridgehead atoms. The molecule has 0 radical (unpaired) electrons. The van der Waals surface area contributed by atoms with Gasteiger partial charge in [0, 0.05) is 18.7 Å². The Bertz CT molecular complexity index is 587. The maximum atomic E-state index is 12.9. The second-order valence-electron chi connectivity index (χ2n) is 5.95. The summed E-state index contributed by atoms with van der Waals surface area (Å²) in [6.45, 7) is 5.01. The molecule has 0 aromatic heterocycles. The van der Waals surface area contributed by atoms with E-state index < -0.39 is 0 Å². The maximum absolute atomic E-state index is 12.9. The molecule has 2 rings (SSSR count). The molecule has 0 spiro atoms. The number of nitrogens with zero attached hydrogens (tertiary/aromatic N) is 1. The van der Waals surface area contributed by atoms with Crippen molar-refractivity contribution in [2.45, 2.75) is 33.1 Å². The van der Waals surface area contributed by atoms with Crippen molar-refractivity contribution in [3.05, 3.63) is 23.8 Å². The molecule has 1 atom stereocenters. The maximum Gasteiger partial charge on any atom is 0.310 e. The molecular weight excluding hydrogens is 310 g/mol. The van der Waals surface area contributed by atoms with Gasteiger partial charge in [0.1, 0.15) is 0 Å². The number of methoxy groups -OCH3 is 1. The molecule has 1 heterocycles. The van der Waals surface area contributed by atoms with Gasteiger partial charge >= 0.3 is 5.97 Å². The van der Waals surface area contributed by atoms with Crippen LogP contribution in [-0.2, 0) is 9.53 Å². The largest absolute Gasteiger partial charge is 0.469 e. The monoisotopic (exact) mass is 335 g/mol. The average molecular weight is 335 g/mol. The smallest absolute Gasteiger partial charge is 0.310 e. The highest BCUT2D eigenvalue weighted by Crippen LogP contribution is 2.32. The van der Waals surface area contributed by atoms with Gasteiger partial charge in [-0.05, 0) is 24.6 Å². The van der Waals surface area contributed by atoms with Crippen molar-refractivity contribution in [3.63, 3.8) is 0 Å². The first-order chi connectivity index (χ1) is 11.6. The average Bonchev–Trinajstić information content (AvgIpc) is 3.07. The molecule has 1 aliphatic heterocycles. The first kappa shape index (κ1) is 18.1. The number of fused-ring (bicyclic) bond motifs is 1. The molecule has 1 aromatic carbocycles. The summed E-state index contributed by atoms with van der Waals surface area (Å²) in [4.78, 5) is 26.3. The van der Waals surface area contributed by atoms with Crippen LogP contribution in [0.2, 0.25) is 0 Å². The van der Waals surface area contributed by atoms with E-state index in [4.69, 9.17) is 14.2 Å². The van der Waals surface area contributed by atoms with Gasteiger partial charge in [0.05, 0.1) is 13.0 Å². The summed E-state index contributed by atoms with van der Waals surface area (Å²) >= 11 is 0. The normalized spacial score (nSPS) is 13.5. The van der Waals surface area contributed by atoms with E-state index in [0.717, 1.165) is 19.3 Å². The second kappa shape index (κ2) is 8.57. The number of carbonyl (C=O) groups excluding carboxylic acids is 2. The van der Waals surface area contributed by atoms with Crippen LogP contribution in [0.15, 0.2) is 18.2 Å². The van der Waals surface area contributed by atoms with E-state index in [-0.39, 0.29) is 24.6 Å². The van der Waals surface area contributed by atoms with E-state index in [0.29, 0.717) is 30.2 Å². The Morgan fingerprint density at radius 1 is 1.25 bits per heavy atom. The van der Waals surface area contributed by atoms with E-state index in [1.807, 2.05) is 0 Å². The minimum absolute atomic E-state index is 0.111. The third-order valence-electron chi connectivity index (χ3n) is 4.04. The Morgan fingerprint density at radius 2 is 2.00 bits per heavy atom. The Morgan fingerprint density at radius 3 is 2.71 bits per heavy atom. The third-order valence-corrected chi connectivity index (χ3v) is 4.04. The van der Waals surface area contributed by atoms with Gasteiger partial charge in [-0.3, -0.25) is 9.59 Å². The third kappa shape index (κ3) is 4.40. The van der Waals surface area contributed by atoms with Crippen molar-refractivity contribution in [1.29, 1.82) is 0 Å². The van der Waals surface area contributed by atoms with E-state index in [1.165, 1.54) is 7.11 Å². The molecule has 132 valence electrons. The minimum atomic E-state index is -0.366. The van der Waals surface area contributed by atoms with Gasteiger partial charge < -0.3 is 19.1 Å². The summed E-state index contributed by atoms with van der Waals surface area (Å²) in [6, 6.07) is 5.16. The van der Waals surface area contributed by atoms with Crippen molar-refractivity contribution in [2.75, 3.05) is 27.0 Å². The lowest BCUT2D eigenvalue weighted by molar-refractivity contribution is -0.145. The summed E-state index contributed by atoms with van der Waals surface area (Å²) in [6.07, 6.45) is 3.01. The van der Waals surface area contributed by atoms with E-state index in [2.05, 4.69) is 6.92 Å². The fourth-order valence-corrected chi connectivity index (χ4v) is 2.65. The van der Waals surface area contributed by atoms with Crippen molar-refractivity contribution < 1.29 is 23.8 Å². The molecule has 0 saturated carbocycles. The van der Waals surface area contributed by atoms with E-state index in [1.54, 1.807) is 30.0 Å². The van der Waals surface area contributed by atoms with E-state index in [9.17, 15) is 9.59 Å². The van der Waals surface area contributed by atoms with Crippen LogP contribution in [0.25, 0.3) is 0 Å². The van der Waals surface area contributed by atoms with Gasteiger partial charge in [-0.1, -0.05) is 26.7 Å². The number of benzene rings is 1. The minimum Gasteiger partial charge on any atom is -0.469 e. The van der Waals surface area contributed by atoms with Crippen LogP contribution in [0.5, 0.6) is 11.5 Å². The lowest BCUT2D eigenvalue weighted by atomic mass is 10.1. The SMILES string of the molecule is CCCCCN(CC(C)C(=O)OC)C(=O)c1ccc2c(c1)OCO2. The number of carbonyl (C=O) groups is 2. The highest BCUT2D eigenvalue weighted by atomic mass is 16.7. The van der Waals surface area contributed by atoms with Crippen molar-refractivity contribution in [3.8, 4) is 11.5 Å². The second-order valence-corrected chi connectivity index (χ2v) is 5.95. The van der Waals surface area contributed by atoms with Gasteiger partial charge in [-0.2, -0.15) is 0 Å². The summed E-state index contributed by atoms with van der Waals surface area (Å²) in [5.41, 5.74) is 0.535. The Hall–Kier alpha value is -2.24. The highest BCUT2D eigenvalue weighted by molar-refractivity contribution is 5.95. The lowest BCUT2D eigenvalue weighted by Gasteiger charge is -2.25. The molecule has 24 heavy (non-hydrogen) atoms. The van der Waals surface area contributed by atoms with Crippen molar-refractivity contribution >= 4 is 11.9 Å². The van der Waals surface area contributed by atoms with Gasteiger partial charge in [-0.15, -0.1) is 0 Å². The number of hydrogen-bond acceptors (Lipinski definition) is 5. The Labute approximate surface area is 142 Å². The fraction of sp³-hybridized carbons (Fsp3) is 0.556. The van der Waals surface area contributed by atoms with Crippen LogP contribution in [0.3, 0.4) is 0 Å². The first-order valence-electron chi connectivity index (χ1n) is 8.33. The molecule has 1 aliphatic rings. The fourth-order valence-electron chi connectivity index (χ4n) is 2.65. The van der Waals surface area contributed by atoms with Crippen molar-refractivity contribution in [2.24, 2.45) is 5.92 Å². The van der Waals surface area contributed by atoms with Crippen LogP contribution in [0, 0.1) is 5.92 Å². The van der Waals surface area contributed by atoms with Gasteiger partial charge in [-0.25, -0.2) is 0 Å². The summed E-state index contributed by atoms with van der Waals surface area (Å²) in [5.74, 6) is 0.436. The molecular formula is C18H25NO5. The molecule has 0 aliphatic carbocycles. The quantitative estimate of drug-likeness (QED) is 0.540. The molecule has 1 amide bonds. The first-order valence-corrected chi connectivity index (χ1v) is 8.33. The zero-order valence-electron chi connectivity index (χ0n) is 14.5. The van der Waals surface area contributed by atoms with Crippen LogP contribution in [-0.4, -0.2) is 43.8 Å². The van der Waals surface area contributed by atoms with Crippen LogP contribution in [0.1, 0.15) is 43.5 Å². The Balaban J connectivity index is 2.12. The molecule has 1 aromatic rings. The summed E-state index contributed by atoms with van der Waals surface area (Å²) in [5, 5.41) is 0. The summed E-state index contributed by atoms with van der Waals surface area (Å²) in [7, 11) is 1.36. The van der Waals surface area contributed by atoms with Crippen molar-refractivity contribution in [1.82, 2.24) is 4.90 Å². The number of hydrogen-bond donors (Lipinski definition) is 0. The number of unbranched alkanes of at least 4 members (excludes halogenated alkanes) is 2. The topological polar surface area (TPSA) is 65.1 Å². The molecule has 0 saturated heterocycles. The van der Waals surface area contributed by atoms with Gasteiger partial charge in [0.25, 0.3) is 5.91 Å². The molecule has 0 fully saturated rings. The summed E-state index contributed by atoms with van der Waals surface area (Å²) < 4.78 is 15.4. The molecule has 6 nitrogen and oxygen atoms in total. The lowest BCUT2D eigenvalue weighted by Crippen LogP contribution is -2.38. The highest BCUT2D eigenvalue weighted by Gasteiger charge is 2.24. The van der Waals surface area contributed by atoms with Crippen LogP contribution >= 0.6 is 0 Å². The molecule has 1 unspecified atom stereocenters. The van der Waals surface area contributed by atoms with Gasteiger partial charge in [0.15, 0.2) is 11.5 Å². The number of esters is 1. The number of amides is 1. The zero-order chi connectivity index (χ0) is 17.5. The van der Waals surface area contributed by atoms with E-state index >= 15 is 0 Å². The molecule has 0 N–H and O–H groups in total. The number of rotatable bonds is 8.